The molecule has 9 heteroatoms. The maximum atomic E-state index is 12.1. The molecule has 0 aliphatic carbocycles. The molecule has 1 aromatic heterocycles. The van der Waals surface area contributed by atoms with Crippen LogP contribution in [0.3, 0.4) is 0 Å². The number of primary sulfonamides is 1. The number of aromatic nitrogens is 1. The number of anilines is 1. The minimum Gasteiger partial charge on any atom is -0.322 e. The van der Waals surface area contributed by atoms with Crippen molar-refractivity contribution < 1.29 is 13.2 Å². The Kier molecular flexibility index (Phi) is 4.62. The van der Waals surface area contributed by atoms with Crippen LogP contribution in [0.1, 0.15) is 10.4 Å². The Morgan fingerprint density at radius 2 is 1.90 bits per heavy atom. The van der Waals surface area contributed by atoms with Crippen molar-refractivity contribution in [1.29, 1.82) is 0 Å². The summed E-state index contributed by atoms with van der Waals surface area (Å²) in [7, 11) is -3.76. The highest BCUT2D eigenvalue weighted by atomic mass is 79.9. The molecule has 0 spiro atoms. The molecule has 110 valence electrons. The highest BCUT2D eigenvalue weighted by molar-refractivity contribution is 9.10. The van der Waals surface area contributed by atoms with Crippen LogP contribution in [-0.2, 0) is 10.0 Å². The summed E-state index contributed by atoms with van der Waals surface area (Å²) >= 11 is 9.05. The van der Waals surface area contributed by atoms with Gasteiger partial charge in [-0.25, -0.2) is 18.5 Å². The Morgan fingerprint density at radius 3 is 2.48 bits per heavy atom. The summed E-state index contributed by atoms with van der Waals surface area (Å²) in [5.74, 6) is -0.461. The molecular formula is C12H9BrClN3O3S. The quantitative estimate of drug-likeness (QED) is 0.786. The second-order valence-electron chi connectivity index (χ2n) is 4.02. The zero-order valence-corrected chi connectivity index (χ0v) is 13.5. The lowest BCUT2D eigenvalue weighted by Crippen LogP contribution is -2.14. The average Bonchev–Trinajstić information content (AvgIpc) is 2.41. The summed E-state index contributed by atoms with van der Waals surface area (Å²) in [6.07, 6.45) is 1.47. The number of benzene rings is 1. The maximum Gasteiger partial charge on any atom is 0.258 e. The number of rotatable bonds is 3. The van der Waals surface area contributed by atoms with Gasteiger partial charge in [-0.05, 0) is 46.3 Å². The molecule has 2 rings (SSSR count). The third kappa shape index (κ3) is 4.01. The average molecular weight is 391 g/mol. The molecule has 0 aliphatic rings. The molecular weight excluding hydrogens is 382 g/mol. The molecule has 0 bridgehead atoms. The lowest BCUT2D eigenvalue weighted by atomic mass is 10.2. The SMILES string of the molecule is NS(=O)(=O)c1ccc(NC(=O)c2cc(Br)cnc2Cl)cc1. The molecule has 1 aromatic carbocycles. The van der Waals surface area contributed by atoms with Gasteiger partial charge in [0.1, 0.15) is 5.15 Å². The standard InChI is InChI=1S/C12H9BrClN3O3S/c13-7-5-10(11(14)16-6-7)12(18)17-8-1-3-9(4-2-8)21(15,19)20/h1-6H,(H,17,18)(H2,15,19,20). The van der Waals surface area contributed by atoms with Gasteiger partial charge < -0.3 is 5.32 Å². The number of hydrogen-bond acceptors (Lipinski definition) is 4. The zero-order valence-electron chi connectivity index (χ0n) is 10.4. The van der Waals surface area contributed by atoms with Gasteiger partial charge in [0, 0.05) is 16.4 Å². The first kappa shape index (κ1) is 15.9. The lowest BCUT2D eigenvalue weighted by molar-refractivity contribution is 0.102. The van der Waals surface area contributed by atoms with E-state index in [9.17, 15) is 13.2 Å². The summed E-state index contributed by atoms with van der Waals surface area (Å²) in [6.45, 7) is 0. The number of nitrogens with two attached hydrogens (primary N) is 1. The van der Waals surface area contributed by atoms with Crippen molar-refractivity contribution in [3.63, 3.8) is 0 Å². The van der Waals surface area contributed by atoms with Crippen molar-refractivity contribution >= 4 is 49.1 Å². The van der Waals surface area contributed by atoms with Crippen molar-refractivity contribution in [1.82, 2.24) is 4.98 Å². The molecule has 0 atom stereocenters. The Labute approximate surface area is 134 Å². The molecule has 21 heavy (non-hydrogen) atoms. The van der Waals surface area contributed by atoms with Crippen molar-refractivity contribution in [3.8, 4) is 0 Å². The van der Waals surface area contributed by atoms with E-state index in [2.05, 4.69) is 26.2 Å². The molecule has 2 aromatic rings. The van der Waals surface area contributed by atoms with E-state index in [1.165, 1.54) is 36.5 Å². The van der Waals surface area contributed by atoms with Crippen LogP contribution in [0, 0.1) is 0 Å². The molecule has 3 N–H and O–H groups in total. The maximum absolute atomic E-state index is 12.1. The normalized spacial score (nSPS) is 11.2. The Balaban J connectivity index is 2.22. The van der Waals surface area contributed by atoms with E-state index >= 15 is 0 Å². The first-order chi connectivity index (χ1) is 9.77. The van der Waals surface area contributed by atoms with E-state index in [1.807, 2.05) is 0 Å². The first-order valence-corrected chi connectivity index (χ1v) is 8.24. The smallest absolute Gasteiger partial charge is 0.258 e. The summed E-state index contributed by atoms with van der Waals surface area (Å²) in [5, 5.41) is 7.64. The summed E-state index contributed by atoms with van der Waals surface area (Å²) in [4.78, 5) is 15.9. The van der Waals surface area contributed by atoms with Crippen LogP contribution in [0.2, 0.25) is 5.15 Å². The molecule has 0 unspecified atom stereocenters. The number of carbonyl (C=O) groups excluding carboxylic acids is 1. The number of hydrogen-bond donors (Lipinski definition) is 2. The molecule has 0 aliphatic heterocycles. The fraction of sp³-hybridized carbons (Fsp3) is 0. The van der Waals surface area contributed by atoms with Crippen LogP contribution in [0.4, 0.5) is 5.69 Å². The minimum absolute atomic E-state index is 0.0392. The fourth-order valence-corrected chi connectivity index (χ4v) is 2.54. The summed E-state index contributed by atoms with van der Waals surface area (Å²) in [5.41, 5.74) is 0.602. The van der Waals surface area contributed by atoms with Crippen LogP contribution in [0.15, 0.2) is 45.9 Å². The number of nitrogens with one attached hydrogen (secondary N) is 1. The first-order valence-electron chi connectivity index (χ1n) is 5.52. The van der Waals surface area contributed by atoms with Gasteiger partial charge in [-0.3, -0.25) is 4.79 Å². The number of carbonyl (C=O) groups is 1. The van der Waals surface area contributed by atoms with Crippen LogP contribution >= 0.6 is 27.5 Å². The number of pyridine rings is 1. The Hall–Kier alpha value is -1.48. The second-order valence-corrected chi connectivity index (χ2v) is 6.85. The van der Waals surface area contributed by atoms with Gasteiger partial charge in [0.15, 0.2) is 0 Å². The van der Waals surface area contributed by atoms with Crippen molar-refractivity contribution in [2.45, 2.75) is 4.90 Å². The third-order valence-corrected chi connectivity index (χ3v) is 4.16. The number of amides is 1. The molecule has 0 saturated carbocycles. The summed E-state index contributed by atoms with van der Waals surface area (Å²) < 4.78 is 22.9. The minimum atomic E-state index is -3.76. The van der Waals surface area contributed by atoms with Gasteiger partial charge >= 0.3 is 0 Å². The van der Waals surface area contributed by atoms with Gasteiger partial charge in [0.25, 0.3) is 5.91 Å². The summed E-state index contributed by atoms with van der Waals surface area (Å²) in [6, 6.07) is 6.98. The fourth-order valence-electron chi connectivity index (χ4n) is 1.51. The molecule has 1 heterocycles. The number of nitrogens with zero attached hydrogens (tertiary/aromatic N) is 1. The van der Waals surface area contributed by atoms with Crippen LogP contribution in [0.5, 0.6) is 0 Å². The van der Waals surface area contributed by atoms with Crippen LogP contribution in [0.25, 0.3) is 0 Å². The monoisotopic (exact) mass is 389 g/mol. The van der Waals surface area contributed by atoms with Gasteiger partial charge in [-0.15, -0.1) is 0 Å². The van der Waals surface area contributed by atoms with Crippen molar-refractivity contribution in [2.75, 3.05) is 5.32 Å². The van der Waals surface area contributed by atoms with E-state index in [-0.39, 0.29) is 15.6 Å². The van der Waals surface area contributed by atoms with Gasteiger partial charge in [-0.2, -0.15) is 0 Å². The van der Waals surface area contributed by atoms with Gasteiger partial charge in [0.05, 0.1) is 10.5 Å². The lowest BCUT2D eigenvalue weighted by Gasteiger charge is -2.07. The highest BCUT2D eigenvalue weighted by Gasteiger charge is 2.13. The van der Waals surface area contributed by atoms with Crippen molar-refractivity contribution in [2.24, 2.45) is 5.14 Å². The van der Waals surface area contributed by atoms with Crippen molar-refractivity contribution in [3.05, 3.63) is 51.7 Å². The predicted molar refractivity (Wildman–Crippen MR) is 82.7 cm³/mol. The third-order valence-electron chi connectivity index (χ3n) is 2.49. The molecule has 0 radical (unpaired) electrons. The molecule has 0 fully saturated rings. The number of halogens is 2. The van der Waals surface area contributed by atoms with Gasteiger partial charge in [0.2, 0.25) is 10.0 Å². The largest absolute Gasteiger partial charge is 0.322 e. The molecule has 6 nitrogen and oxygen atoms in total. The van der Waals surface area contributed by atoms with E-state index in [4.69, 9.17) is 16.7 Å². The molecule has 0 saturated heterocycles. The Bertz CT molecular complexity index is 794. The van der Waals surface area contributed by atoms with E-state index in [0.29, 0.717) is 10.2 Å². The Morgan fingerprint density at radius 1 is 1.29 bits per heavy atom. The number of sulfonamides is 1. The van der Waals surface area contributed by atoms with Crippen LogP contribution in [-0.4, -0.2) is 19.3 Å². The van der Waals surface area contributed by atoms with Crippen LogP contribution < -0.4 is 10.5 Å². The molecule has 1 amide bonds. The zero-order chi connectivity index (χ0) is 15.6. The van der Waals surface area contributed by atoms with E-state index in [0.717, 1.165) is 0 Å². The second kappa shape index (κ2) is 6.10. The van der Waals surface area contributed by atoms with E-state index < -0.39 is 15.9 Å². The highest BCUT2D eigenvalue weighted by Crippen LogP contribution is 2.20. The predicted octanol–water partition coefficient (Wildman–Crippen LogP) is 2.40. The topological polar surface area (TPSA) is 102 Å². The van der Waals surface area contributed by atoms with Gasteiger partial charge in [-0.1, -0.05) is 11.6 Å². The van der Waals surface area contributed by atoms with E-state index in [1.54, 1.807) is 0 Å².